The second-order valence-corrected chi connectivity index (χ2v) is 5.28. The normalized spacial score (nSPS) is 16.2. The molecule has 0 unspecified atom stereocenters. The van der Waals surface area contributed by atoms with Crippen LogP contribution < -0.4 is 0 Å². The fourth-order valence-corrected chi connectivity index (χ4v) is 2.74. The van der Waals surface area contributed by atoms with Gasteiger partial charge in [0.1, 0.15) is 0 Å². The third-order valence-electron chi connectivity index (χ3n) is 3.81. The molecule has 0 aliphatic carbocycles. The summed E-state index contributed by atoms with van der Waals surface area (Å²) in [4.78, 5) is 2.42. The average Bonchev–Trinajstić information content (AvgIpc) is 3.19. The monoisotopic (exact) mass is 268 g/mol. The topological polar surface area (TPSA) is 62.6 Å². The zero-order valence-corrected chi connectivity index (χ0v) is 11.2. The lowest BCUT2D eigenvalue weighted by atomic mass is 10.2. The van der Waals surface area contributed by atoms with Crippen LogP contribution in [0, 0.1) is 0 Å². The maximum Gasteiger partial charge on any atom is 0.0971 e. The molecule has 1 aliphatic heterocycles. The summed E-state index contributed by atoms with van der Waals surface area (Å²) in [7, 11) is 0. The van der Waals surface area contributed by atoms with Crippen molar-refractivity contribution in [1.82, 2.24) is 30.1 Å². The van der Waals surface area contributed by atoms with Gasteiger partial charge in [0.25, 0.3) is 0 Å². The van der Waals surface area contributed by atoms with E-state index < -0.39 is 0 Å². The van der Waals surface area contributed by atoms with Crippen LogP contribution in [-0.2, 0) is 6.54 Å². The van der Waals surface area contributed by atoms with Crippen molar-refractivity contribution in [3.8, 4) is 5.69 Å². The van der Waals surface area contributed by atoms with Gasteiger partial charge in [-0.1, -0.05) is 5.21 Å². The Hall–Kier alpha value is -2.21. The summed E-state index contributed by atoms with van der Waals surface area (Å²) in [5.74, 6) is 0. The molecule has 1 aromatic carbocycles. The van der Waals surface area contributed by atoms with Crippen LogP contribution in [0.2, 0.25) is 0 Å². The first-order chi connectivity index (χ1) is 9.88. The molecule has 6 heteroatoms. The predicted octanol–water partition coefficient (Wildman–Crippen LogP) is 1.74. The quantitative estimate of drug-likeness (QED) is 0.786. The summed E-state index contributed by atoms with van der Waals surface area (Å²) >= 11 is 0. The van der Waals surface area contributed by atoms with E-state index in [9.17, 15) is 0 Å². The molecule has 6 nitrogen and oxygen atoms in total. The molecule has 102 valence electrons. The van der Waals surface area contributed by atoms with E-state index in [1.165, 1.54) is 25.9 Å². The first-order valence-corrected chi connectivity index (χ1v) is 6.95. The molecule has 3 aromatic rings. The molecule has 1 aliphatic rings. The molecule has 0 spiro atoms. The Morgan fingerprint density at radius 1 is 1.20 bits per heavy atom. The van der Waals surface area contributed by atoms with Crippen molar-refractivity contribution in [2.75, 3.05) is 13.1 Å². The summed E-state index contributed by atoms with van der Waals surface area (Å²) < 4.78 is 1.83. The minimum absolute atomic E-state index is 0.897. The summed E-state index contributed by atoms with van der Waals surface area (Å²) in [6.07, 6.45) is 6.43. The van der Waals surface area contributed by atoms with E-state index >= 15 is 0 Å². The lowest BCUT2D eigenvalue weighted by molar-refractivity contribution is 0.327. The van der Waals surface area contributed by atoms with Gasteiger partial charge in [0, 0.05) is 11.9 Å². The highest BCUT2D eigenvalue weighted by atomic mass is 15.4. The van der Waals surface area contributed by atoms with Crippen LogP contribution in [0.1, 0.15) is 18.5 Å². The van der Waals surface area contributed by atoms with Crippen LogP contribution in [-0.4, -0.2) is 43.2 Å². The van der Waals surface area contributed by atoms with Crippen molar-refractivity contribution >= 4 is 10.9 Å². The van der Waals surface area contributed by atoms with Gasteiger partial charge >= 0.3 is 0 Å². The predicted molar refractivity (Wildman–Crippen MR) is 75.5 cm³/mol. The number of benzene rings is 1. The number of hydrogen-bond acceptors (Lipinski definition) is 4. The first-order valence-electron chi connectivity index (χ1n) is 6.95. The van der Waals surface area contributed by atoms with Gasteiger partial charge in [0.05, 0.1) is 29.3 Å². The van der Waals surface area contributed by atoms with Crippen LogP contribution >= 0.6 is 0 Å². The second-order valence-electron chi connectivity index (χ2n) is 5.28. The number of likely N-dealkylation sites (tertiary alicyclic amines) is 1. The summed E-state index contributed by atoms with van der Waals surface area (Å²) in [5, 5.41) is 16.6. The Kier molecular flexibility index (Phi) is 2.74. The Bertz CT molecular complexity index is 722. The molecule has 3 heterocycles. The zero-order valence-electron chi connectivity index (χ0n) is 11.2. The third-order valence-corrected chi connectivity index (χ3v) is 3.81. The molecule has 4 rings (SSSR count). The van der Waals surface area contributed by atoms with Crippen molar-refractivity contribution < 1.29 is 0 Å². The molecule has 0 atom stereocenters. The molecular weight excluding hydrogens is 252 g/mol. The molecule has 1 saturated heterocycles. The lowest BCUT2D eigenvalue weighted by Gasteiger charge is -2.11. The van der Waals surface area contributed by atoms with Crippen molar-refractivity contribution in [2.45, 2.75) is 19.4 Å². The zero-order chi connectivity index (χ0) is 13.4. The van der Waals surface area contributed by atoms with E-state index in [0.29, 0.717) is 0 Å². The maximum absolute atomic E-state index is 4.27. The van der Waals surface area contributed by atoms with Gasteiger partial charge in [0.15, 0.2) is 0 Å². The van der Waals surface area contributed by atoms with Crippen LogP contribution in [0.5, 0.6) is 0 Å². The summed E-state index contributed by atoms with van der Waals surface area (Å²) in [6.45, 7) is 3.25. The van der Waals surface area contributed by atoms with Crippen LogP contribution in [0.15, 0.2) is 30.6 Å². The third kappa shape index (κ3) is 2.08. The first kappa shape index (κ1) is 11.6. The van der Waals surface area contributed by atoms with Crippen LogP contribution in [0.4, 0.5) is 0 Å². The lowest BCUT2D eigenvalue weighted by Crippen LogP contribution is -2.18. The summed E-state index contributed by atoms with van der Waals surface area (Å²) in [5.41, 5.74) is 3.07. The largest absolute Gasteiger partial charge is 0.297 e. The molecule has 0 saturated carbocycles. The van der Waals surface area contributed by atoms with Crippen molar-refractivity contribution in [3.05, 3.63) is 36.3 Å². The Morgan fingerprint density at radius 2 is 2.10 bits per heavy atom. The fourth-order valence-electron chi connectivity index (χ4n) is 2.74. The Morgan fingerprint density at radius 3 is 3.00 bits per heavy atom. The van der Waals surface area contributed by atoms with E-state index in [4.69, 9.17) is 0 Å². The number of aromatic amines is 1. The standard InChI is InChI=1S/C14H16N6/c1-2-6-19(5-1)9-12-10-20(18-16-12)13-3-4-14-11(7-13)8-15-17-14/h3-4,7-8,10H,1-2,5-6,9H2,(H,15,17). The van der Waals surface area contributed by atoms with Crippen molar-refractivity contribution in [3.63, 3.8) is 0 Å². The van der Waals surface area contributed by atoms with Crippen molar-refractivity contribution in [1.29, 1.82) is 0 Å². The number of H-pyrrole nitrogens is 1. The SMILES string of the molecule is c1cc2[nH]ncc2cc1-n1cc(CN2CCCC2)nn1. The Labute approximate surface area is 116 Å². The molecule has 2 aromatic heterocycles. The van der Waals surface area contributed by atoms with E-state index in [0.717, 1.165) is 28.8 Å². The molecule has 0 bridgehead atoms. The van der Waals surface area contributed by atoms with E-state index in [2.05, 4.69) is 31.5 Å². The van der Waals surface area contributed by atoms with Crippen LogP contribution in [0.3, 0.4) is 0 Å². The van der Waals surface area contributed by atoms with Crippen molar-refractivity contribution in [2.24, 2.45) is 0 Å². The van der Waals surface area contributed by atoms with E-state index in [1.807, 2.05) is 29.2 Å². The number of nitrogens with zero attached hydrogens (tertiary/aromatic N) is 5. The summed E-state index contributed by atoms with van der Waals surface area (Å²) in [6, 6.07) is 6.10. The fraction of sp³-hybridized carbons (Fsp3) is 0.357. The average molecular weight is 268 g/mol. The molecule has 0 radical (unpaired) electrons. The number of hydrogen-bond donors (Lipinski definition) is 1. The molecule has 1 fully saturated rings. The van der Waals surface area contributed by atoms with Gasteiger partial charge in [-0.05, 0) is 44.1 Å². The van der Waals surface area contributed by atoms with Crippen LogP contribution in [0.25, 0.3) is 16.6 Å². The van der Waals surface area contributed by atoms with Gasteiger partial charge in [-0.25, -0.2) is 4.68 Å². The maximum atomic E-state index is 4.27. The van der Waals surface area contributed by atoms with Gasteiger partial charge in [-0.15, -0.1) is 5.10 Å². The highest BCUT2D eigenvalue weighted by Gasteiger charge is 2.13. The molecule has 0 amide bonds. The van der Waals surface area contributed by atoms with E-state index in [1.54, 1.807) is 0 Å². The molecular formula is C14H16N6. The smallest absolute Gasteiger partial charge is 0.0971 e. The van der Waals surface area contributed by atoms with Gasteiger partial charge < -0.3 is 0 Å². The highest BCUT2D eigenvalue weighted by molar-refractivity contribution is 5.80. The molecule has 1 N–H and O–H groups in total. The minimum Gasteiger partial charge on any atom is -0.297 e. The Balaban J connectivity index is 1.59. The number of fused-ring (bicyclic) bond motifs is 1. The second kappa shape index (κ2) is 4.72. The number of nitrogens with one attached hydrogen (secondary N) is 1. The number of aromatic nitrogens is 5. The van der Waals surface area contributed by atoms with E-state index in [-0.39, 0.29) is 0 Å². The van der Waals surface area contributed by atoms with Gasteiger partial charge in [-0.3, -0.25) is 10.00 Å². The van der Waals surface area contributed by atoms with Gasteiger partial charge in [0.2, 0.25) is 0 Å². The molecule has 20 heavy (non-hydrogen) atoms. The van der Waals surface area contributed by atoms with Gasteiger partial charge in [-0.2, -0.15) is 5.10 Å². The number of rotatable bonds is 3. The minimum atomic E-state index is 0.897. The highest BCUT2D eigenvalue weighted by Crippen LogP contribution is 2.16.